The highest BCUT2D eigenvalue weighted by Gasteiger charge is 1.99. The molecular formula is C23H40N2OS. The number of nitrogens with one attached hydrogen (secondary N) is 1. The van der Waals surface area contributed by atoms with Crippen molar-refractivity contribution in [3.63, 3.8) is 0 Å². The molecule has 0 fully saturated rings. The van der Waals surface area contributed by atoms with Gasteiger partial charge in [-0.25, -0.2) is 0 Å². The molecule has 0 unspecified atom stereocenters. The summed E-state index contributed by atoms with van der Waals surface area (Å²) >= 11 is 5.24. The van der Waals surface area contributed by atoms with Gasteiger partial charge in [0, 0.05) is 18.3 Å². The maximum Gasteiger partial charge on any atom is 0.254 e. The van der Waals surface area contributed by atoms with Crippen LogP contribution in [0.15, 0.2) is 23.0 Å². The van der Waals surface area contributed by atoms with Crippen LogP contribution >= 0.6 is 12.2 Å². The van der Waals surface area contributed by atoms with Crippen LogP contribution < -0.4 is 5.56 Å². The average Bonchev–Trinajstić information content (AvgIpc) is 2.63. The van der Waals surface area contributed by atoms with Crippen molar-refractivity contribution >= 4 is 12.2 Å². The molecule has 0 spiro atoms. The molecule has 1 heterocycles. The fourth-order valence-corrected chi connectivity index (χ4v) is 3.71. The minimum atomic E-state index is 0.0176. The summed E-state index contributed by atoms with van der Waals surface area (Å²) in [4.78, 5) is 15.0. The van der Waals surface area contributed by atoms with Crippen molar-refractivity contribution in [2.24, 2.45) is 0 Å². The summed E-state index contributed by atoms with van der Waals surface area (Å²) in [6, 6.07) is 1.62. The lowest BCUT2D eigenvalue weighted by atomic mass is 10.1. The van der Waals surface area contributed by atoms with Crippen molar-refractivity contribution in [1.82, 2.24) is 9.55 Å². The molecule has 0 aromatic carbocycles. The van der Waals surface area contributed by atoms with E-state index >= 15 is 0 Å². The monoisotopic (exact) mass is 392 g/mol. The van der Waals surface area contributed by atoms with Crippen LogP contribution in [0.3, 0.4) is 0 Å². The van der Waals surface area contributed by atoms with E-state index < -0.39 is 0 Å². The minimum absolute atomic E-state index is 0.0176. The number of hydrogen-bond acceptors (Lipinski definition) is 2. The van der Waals surface area contributed by atoms with Crippen LogP contribution in [0.4, 0.5) is 0 Å². The lowest BCUT2D eigenvalue weighted by Gasteiger charge is -2.06. The van der Waals surface area contributed by atoms with Crippen molar-refractivity contribution in [2.45, 2.75) is 110 Å². The summed E-state index contributed by atoms with van der Waals surface area (Å²) in [7, 11) is 0. The number of nitrogens with zero attached hydrogens (tertiary/aromatic N) is 1. The minimum Gasteiger partial charge on any atom is -0.336 e. The molecule has 3 nitrogen and oxygen atoms in total. The predicted molar refractivity (Wildman–Crippen MR) is 120 cm³/mol. The molecule has 0 aliphatic heterocycles. The molecule has 1 aromatic rings. The van der Waals surface area contributed by atoms with E-state index in [-0.39, 0.29) is 5.56 Å². The second kappa shape index (κ2) is 15.9. The topological polar surface area (TPSA) is 37.8 Å². The smallest absolute Gasteiger partial charge is 0.254 e. The van der Waals surface area contributed by atoms with E-state index in [0.717, 1.165) is 18.7 Å². The number of unbranched alkanes of at least 4 members (excludes halogenated alkanes) is 12. The molecule has 1 rings (SSSR count). The van der Waals surface area contributed by atoms with Crippen molar-refractivity contribution in [1.29, 1.82) is 0 Å². The maximum absolute atomic E-state index is 11.9. The van der Waals surface area contributed by atoms with Crippen LogP contribution in [0.2, 0.25) is 0 Å². The van der Waals surface area contributed by atoms with Crippen LogP contribution in [-0.2, 0) is 6.54 Å². The SMILES string of the molecule is CCCCCCCCC=CCCCCCCCCn1c(=O)cc(C)[nH]c1=S. The number of aryl methyl sites for hydroxylation is 1. The number of allylic oxidation sites excluding steroid dienone is 2. The van der Waals surface area contributed by atoms with Gasteiger partial charge in [0.2, 0.25) is 0 Å². The summed E-state index contributed by atoms with van der Waals surface area (Å²) in [5.74, 6) is 0. The first-order chi connectivity index (χ1) is 13.1. The molecule has 0 amide bonds. The Balaban J connectivity index is 1.93. The molecule has 0 saturated heterocycles. The molecule has 27 heavy (non-hydrogen) atoms. The Bertz CT molecular complexity index is 599. The molecular weight excluding hydrogens is 352 g/mol. The van der Waals surface area contributed by atoms with E-state index in [1.165, 1.54) is 83.5 Å². The average molecular weight is 393 g/mol. The zero-order valence-electron chi connectivity index (χ0n) is 17.6. The molecule has 0 atom stereocenters. The first-order valence-electron chi connectivity index (χ1n) is 11.1. The molecule has 4 heteroatoms. The molecule has 0 aliphatic rings. The van der Waals surface area contributed by atoms with Crippen molar-refractivity contribution < 1.29 is 0 Å². The summed E-state index contributed by atoms with van der Waals surface area (Å²) in [5.41, 5.74) is 0.853. The Morgan fingerprint density at radius 2 is 1.41 bits per heavy atom. The summed E-state index contributed by atoms with van der Waals surface area (Å²) in [5, 5.41) is 0. The quantitative estimate of drug-likeness (QED) is 0.183. The van der Waals surface area contributed by atoms with Crippen LogP contribution in [0.1, 0.15) is 103 Å². The third-order valence-corrected chi connectivity index (χ3v) is 5.37. The van der Waals surface area contributed by atoms with Gasteiger partial charge in [0.25, 0.3) is 5.56 Å². The van der Waals surface area contributed by atoms with Gasteiger partial charge in [0.15, 0.2) is 4.77 Å². The second-order valence-electron chi connectivity index (χ2n) is 7.69. The molecule has 154 valence electrons. The lowest BCUT2D eigenvalue weighted by molar-refractivity contribution is 0.537. The van der Waals surface area contributed by atoms with Gasteiger partial charge in [-0.3, -0.25) is 9.36 Å². The summed E-state index contributed by atoms with van der Waals surface area (Å²) < 4.78 is 2.23. The van der Waals surface area contributed by atoms with Crippen molar-refractivity contribution in [2.75, 3.05) is 0 Å². The number of H-pyrrole nitrogens is 1. The van der Waals surface area contributed by atoms with Gasteiger partial charge in [-0.05, 0) is 51.2 Å². The Labute approximate surface area is 171 Å². The van der Waals surface area contributed by atoms with E-state index in [0.29, 0.717) is 4.77 Å². The van der Waals surface area contributed by atoms with Crippen LogP contribution in [-0.4, -0.2) is 9.55 Å². The third kappa shape index (κ3) is 12.0. The molecule has 0 bridgehead atoms. The second-order valence-corrected chi connectivity index (χ2v) is 8.07. The number of aromatic amines is 1. The lowest BCUT2D eigenvalue weighted by Crippen LogP contribution is -2.21. The molecule has 1 aromatic heterocycles. The van der Waals surface area contributed by atoms with E-state index in [1.807, 2.05) is 6.92 Å². The number of rotatable bonds is 16. The van der Waals surface area contributed by atoms with Gasteiger partial charge in [0.1, 0.15) is 0 Å². The van der Waals surface area contributed by atoms with Crippen LogP contribution in [0, 0.1) is 11.7 Å². The number of aromatic nitrogens is 2. The van der Waals surface area contributed by atoms with E-state index in [9.17, 15) is 4.79 Å². The van der Waals surface area contributed by atoms with Crippen molar-refractivity contribution in [3.8, 4) is 0 Å². The Morgan fingerprint density at radius 1 is 0.889 bits per heavy atom. The van der Waals surface area contributed by atoms with E-state index in [1.54, 1.807) is 10.6 Å². The zero-order valence-corrected chi connectivity index (χ0v) is 18.4. The molecule has 0 saturated carbocycles. The van der Waals surface area contributed by atoms with Crippen LogP contribution in [0.5, 0.6) is 0 Å². The Hall–Kier alpha value is -1.16. The Kier molecular flexibility index (Phi) is 14.0. The first kappa shape index (κ1) is 23.9. The van der Waals surface area contributed by atoms with Gasteiger partial charge < -0.3 is 4.98 Å². The van der Waals surface area contributed by atoms with Crippen LogP contribution in [0.25, 0.3) is 0 Å². The predicted octanol–water partition coefficient (Wildman–Crippen LogP) is 7.25. The summed E-state index contributed by atoms with van der Waals surface area (Å²) in [6.07, 6.45) is 22.9. The number of hydrogen-bond donors (Lipinski definition) is 1. The highest BCUT2D eigenvalue weighted by molar-refractivity contribution is 7.71. The molecule has 0 radical (unpaired) electrons. The molecule has 0 aliphatic carbocycles. The van der Waals surface area contributed by atoms with Gasteiger partial charge in [-0.15, -0.1) is 0 Å². The fourth-order valence-electron chi connectivity index (χ4n) is 3.36. The fraction of sp³-hybridized carbons (Fsp3) is 0.739. The van der Waals surface area contributed by atoms with E-state index in [4.69, 9.17) is 12.2 Å². The third-order valence-electron chi connectivity index (χ3n) is 5.05. The zero-order chi connectivity index (χ0) is 19.7. The van der Waals surface area contributed by atoms with Crippen molar-refractivity contribution in [3.05, 3.63) is 39.0 Å². The van der Waals surface area contributed by atoms with Gasteiger partial charge in [-0.1, -0.05) is 76.9 Å². The highest BCUT2D eigenvalue weighted by Crippen LogP contribution is 2.10. The highest BCUT2D eigenvalue weighted by atomic mass is 32.1. The molecule has 1 N–H and O–H groups in total. The normalized spacial score (nSPS) is 11.5. The first-order valence-corrected chi connectivity index (χ1v) is 11.5. The van der Waals surface area contributed by atoms with E-state index in [2.05, 4.69) is 24.1 Å². The largest absolute Gasteiger partial charge is 0.336 e. The van der Waals surface area contributed by atoms with Gasteiger partial charge in [-0.2, -0.15) is 0 Å². The Morgan fingerprint density at radius 3 is 1.96 bits per heavy atom. The van der Waals surface area contributed by atoms with Gasteiger partial charge >= 0.3 is 0 Å². The van der Waals surface area contributed by atoms with Gasteiger partial charge in [0.05, 0.1) is 0 Å². The maximum atomic E-state index is 11.9. The summed E-state index contributed by atoms with van der Waals surface area (Å²) in [6.45, 7) is 4.87. The standard InChI is InChI=1S/C23H40N2OS/c1-3-4-5-6-7-8-9-10-11-12-13-14-15-16-17-18-19-25-22(26)20-21(2)24-23(25)27/h10-11,20H,3-9,12-19H2,1-2H3,(H,24,27).